The number of benzene rings is 1. The summed E-state index contributed by atoms with van der Waals surface area (Å²) in [7, 11) is 0. The lowest BCUT2D eigenvalue weighted by atomic mass is 9.96. The number of amides is 1. The van der Waals surface area contributed by atoms with Gasteiger partial charge in [0.05, 0.1) is 19.1 Å². The molecule has 0 bridgehead atoms. The summed E-state index contributed by atoms with van der Waals surface area (Å²) in [5.41, 5.74) is 2.43. The molecule has 0 radical (unpaired) electrons. The summed E-state index contributed by atoms with van der Waals surface area (Å²) in [6.07, 6.45) is 0.779. The highest BCUT2D eigenvalue weighted by Gasteiger charge is 2.26. The van der Waals surface area contributed by atoms with Crippen LogP contribution in [0.4, 0.5) is 0 Å². The molecule has 4 heteroatoms. The zero-order valence-electron chi connectivity index (χ0n) is 13.1. The summed E-state index contributed by atoms with van der Waals surface area (Å²) in [5.74, 6) is 1.08. The Labute approximate surface area is 126 Å². The Bertz CT molecular complexity index is 501. The van der Waals surface area contributed by atoms with Gasteiger partial charge in [-0.25, -0.2) is 0 Å². The maximum atomic E-state index is 12.1. The maximum absolute atomic E-state index is 12.1. The number of carbonyl (C=O) groups is 1. The van der Waals surface area contributed by atoms with Crippen LogP contribution in [0.5, 0.6) is 5.75 Å². The average molecular weight is 291 g/mol. The van der Waals surface area contributed by atoms with Crippen molar-refractivity contribution in [2.24, 2.45) is 5.92 Å². The fourth-order valence-corrected chi connectivity index (χ4v) is 2.58. The van der Waals surface area contributed by atoms with Gasteiger partial charge >= 0.3 is 0 Å². The zero-order valence-corrected chi connectivity index (χ0v) is 13.1. The van der Waals surface area contributed by atoms with Crippen molar-refractivity contribution >= 4 is 5.91 Å². The Balaban J connectivity index is 1.77. The quantitative estimate of drug-likeness (QED) is 0.926. The van der Waals surface area contributed by atoms with Gasteiger partial charge in [0.25, 0.3) is 0 Å². The second-order valence-electron chi connectivity index (χ2n) is 6.02. The molecule has 1 aromatic carbocycles. The van der Waals surface area contributed by atoms with E-state index in [4.69, 9.17) is 4.74 Å². The van der Waals surface area contributed by atoms with Gasteiger partial charge in [0.1, 0.15) is 5.75 Å². The monoisotopic (exact) mass is 291 g/mol. The minimum atomic E-state index is -0.277. The van der Waals surface area contributed by atoms with E-state index in [1.807, 2.05) is 36.9 Å². The number of rotatable bonds is 4. The highest BCUT2D eigenvalue weighted by Crippen LogP contribution is 2.18. The van der Waals surface area contributed by atoms with Gasteiger partial charge in [-0.05, 0) is 49.4 Å². The molecule has 0 spiro atoms. The van der Waals surface area contributed by atoms with E-state index in [0.717, 1.165) is 5.75 Å². The summed E-state index contributed by atoms with van der Waals surface area (Å²) in [5, 5.41) is 9.69. The van der Waals surface area contributed by atoms with E-state index in [0.29, 0.717) is 32.5 Å². The van der Waals surface area contributed by atoms with Gasteiger partial charge in [-0.2, -0.15) is 0 Å². The van der Waals surface area contributed by atoms with Crippen LogP contribution in [0.25, 0.3) is 0 Å². The van der Waals surface area contributed by atoms with Gasteiger partial charge in [-0.15, -0.1) is 0 Å². The summed E-state index contributed by atoms with van der Waals surface area (Å²) >= 11 is 0. The molecule has 4 nitrogen and oxygen atoms in total. The van der Waals surface area contributed by atoms with Crippen LogP contribution in [0, 0.1) is 19.8 Å². The lowest BCUT2D eigenvalue weighted by Gasteiger charge is -2.34. The molecule has 1 fully saturated rings. The van der Waals surface area contributed by atoms with E-state index >= 15 is 0 Å². The van der Waals surface area contributed by atoms with E-state index in [1.54, 1.807) is 0 Å². The molecule has 0 aliphatic carbocycles. The molecule has 1 aromatic rings. The summed E-state index contributed by atoms with van der Waals surface area (Å²) in [6.45, 7) is 7.78. The highest BCUT2D eigenvalue weighted by molar-refractivity contribution is 5.76. The summed E-state index contributed by atoms with van der Waals surface area (Å²) in [4.78, 5) is 14.0. The number of piperidine rings is 1. The standard InChI is InChI=1S/C17H25NO3/c1-12-4-5-15(10-13(12)2)21-9-7-17(20)18-8-6-16(19)14(3)11-18/h4-5,10,14,16,19H,6-9,11H2,1-3H3. The molecule has 1 amide bonds. The van der Waals surface area contributed by atoms with E-state index in [2.05, 4.69) is 6.92 Å². The van der Waals surface area contributed by atoms with E-state index in [1.165, 1.54) is 11.1 Å². The van der Waals surface area contributed by atoms with Crippen LogP contribution in [0.3, 0.4) is 0 Å². The number of aliphatic hydroxyl groups excluding tert-OH is 1. The zero-order chi connectivity index (χ0) is 15.4. The summed E-state index contributed by atoms with van der Waals surface area (Å²) < 4.78 is 5.65. The Morgan fingerprint density at radius 1 is 1.38 bits per heavy atom. The Morgan fingerprint density at radius 2 is 2.14 bits per heavy atom. The van der Waals surface area contributed by atoms with Crippen molar-refractivity contribution < 1.29 is 14.6 Å². The predicted molar refractivity (Wildman–Crippen MR) is 82.4 cm³/mol. The van der Waals surface area contributed by atoms with Crippen LogP contribution in [0.15, 0.2) is 18.2 Å². The fourth-order valence-electron chi connectivity index (χ4n) is 2.58. The van der Waals surface area contributed by atoms with Gasteiger partial charge in [0.2, 0.25) is 5.91 Å². The van der Waals surface area contributed by atoms with Crippen molar-refractivity contribution in [3.63, 3.8) is 0 Å². The number of carbonyl (C=O) groups excluding carboxylic acids is 1. The minimum absolute atomic E-state index is 0.109. The Kier molecular flexibility index (Phi) is 5.23. The Morgan fingerprint density at radius 3 is 2.81 bits per heavy atom. The molecule has 2 atom stereocenters. The molecular weight excluding hydrogens is 266 g/mol. The minimum Gasteiger partial charge on any atom is -0.493 e. The second-order valence-corrected chi connectivity index (χ2v) is 6.02. The number of aliphatic hydroxyl groups is 1. The van der Waals surface area contributed by atoms with E-state index in [9.17, 15) is 9.90 Å². The topological polar surface area (TPSA) is 49.8 Å². The molecule has 0 aromatic heterocycles. The number of hydrogen-bond acceptors (Lipinski definition) is 3. The lowest BCUT2D eigenvalue weighted by molar-refractivity contribution is -0.135. The molecule has 116 valence electrons. The van der Waals surface area contributed by atoms with Gasteiger partial charge in [0.15, 0.2) is 0 Å². The molecule has 1 aliphatic rings. The summed E-state index contributed by atoms with van der Waals surface area (Å²) in [6, 6.07) is 5.96. The van der Waals surface area contributed by atoms with Crippen molar-refractivity contribution in [2.75, 3.05) is 19.7 Å². The van der Waals surface area contributed by atoms with Crippen LogP contribution in [-0.2, 0) is 4.79 Å². The van der Waals surface area contributed by atoms with Crippen molar-refractivity contribution in [1.29, 1.82) is 0 Å². The molecule has 2 unspecified atom stereocenters. The van der Waals surface area contributed by atoms with Crippen LogP contribution < -0.4 is 4.74 Å². The molecule has 1 aliphatic heterocycles. The molecule has 1 heterocycles. The highest BCUT2D eigenvalue weighted by atomic mass is 16.5. The Hall–Kier alpha value is -1.55. The predicted octanol–water partition coefficient (Wildman–Crippen LogP) is 2.30. The number of aryl methyl sites for hydroxylation is 2. The first-order valence-electron chi connectivity index (χ1n) is 7.63. The van der Waals surface area contributed by atoms with Crippen molar-refractivity contribution in [1.82, 2.24) is 4.90 Å². The average Bonchev–Trinajstić information content (AvgIpc) is 2.45. The van der Waals surface area contributed by atoms with Crippen molar-refractivity contribution in [2.45, 2.75) is 39.7 Å². The third-order valence-corrected chi connectivity index (χ3v) is 4.28. The van der Waals surface area contributed by atoms with Gasteiger partial charge in [-0.3, -0.25) is 4.79 Å². The number of likely N-dealkylation sites (tertiary alicyclic amines) is 1. The molecule has 2 rings (SSSR count). The number of nitrogens with zero attached hydrogens (tertiary/aromatic N) is 1. The van der Waals surface area contributed by atoms with Crippen LogP contribution in [0.1, 0.15) is 30.9 Å². The molecular formula is C17H25NO3. The number of ether oxygens (including phenoxy) is 1. The van der Waals surface area contributed by atoms with E-state index < -0.39 is 0 Å². The first kappa shape index (κ1) is 15.8. The first-order chi connectivity index (χ1) is 9.97. The fraction of sp³-hybridized carbons (Fsp3) is 0.588. The first-order valence-corrected chi connectivity index (χ1v) is 7.63. The maximum Gasteiger partial charge on any atom is 0.226 e. The normalized spacial score (nSPS) is 22.2. The number of hydrogen-bond donors (Lipinski definition) is 1. The third-order valence-electron chi connectivity index (χ3n) is 4.28. The smallest absolute Gasteiger partial charge is 0.226 e. The molecule has 1 saturated heterocycles. The lowest BCUT2D eigenvalue weighted by Crippen LogP contribution is -2.45. The van der Waals surface area contributed by atoms with Gasteiger partial charge in [-0.1, -0.05) is 13.0 Å². The molecule has 21 heavy (non-hydrogen) atoms. The van der Waals surface area contributed by atoms with Crippen molar-refractivity contribution in [3.8, 4) is 5.75 Å². The van der Waals surface area contributed by atoms with Crippen LogP contribution in [0.2, 0.25) is 0 Å². The molecule has 0 saturated carbocycles. The van der Waals surface area contributed by atoms with E-state index in [-0.39, 0.29) is 17.9 Å². The van der Waals surface area contributed by atoms with Crippen LogP contribution >= 0.6 is 0 Å². The molecule has 1 N–H and O–H groups in total. The van der Waals surface area contributed by atoms with Crippen molar-refractivity contribution in [3.05, 3.63) is 29.3 Å². The van der Waals surface area contributed by atoms with Gasteiger partial charge < -0.3 is 14.7 Å². The SMILES string of the molecule is Cc1ccc(OCCC(=O)N2CCC(O)C(C)C2)cc1C. The largest absolute Gasteiger partial charge is 0.493 e. The third kappa shape index (κ3) is 4.21. The van der Waals surface area contributed by atoms with Gasteiger partial charge in [0, 0.05) is 13.1 Å². The van der Waals surface area contributed by atoms with Crippen LogP contribution in [-0.4, -0.2) is 41.7 Å². The second kappa shape index (κ2) is 6.94.